The summed E-state index contributed by atoms with van der Waals surface area (Å²) in [6.45, 7) is 1.84. The molecule has 7 heteroatoms. The van der Waals surface area contributed by atoms with Crippen LogP contribution in [0.3, 0.4) is 0 Å². The van der Waals surface area contributed by atoms with Gasteiger partial charge in [0.05, 0.1) is 5.56 Å². The minimum absolute atomic E-state index is 0.0648. The second kappa shape index (κ2) is 5.63. The van der Waals surface area contributed by atoms with Crippen molar-refractivity contribution < 1.29 is 23.1 Å². The van der Waals surface area contributed by atoms with Crippen molar-refractivity contribution in [3.63, 3.8) is 0 Å². The molecule has 0 saturated heterocycles. The van der Waals surface area contributed by atoms with E-state index in [9.17, 15) is 18.0 Å². The fraction of sp³-hybridized carbons (Fsp3) is 0.273. The van der Waals surface area contributed by atoms with Gasteiger partial charge in [-0.15, -0.1) is 0 Å². The maximum atomic E-state index is 11.1. The smallest absolute Gasteiger partial charge is 0.303 e. The van der Waals surface area contributed by atoms with Crippen molar-refractivity contribution >= 4 is 21.9 Å². The molecule has 1 amide bonds. The number of fused-ring (bicyclic) bond motifs is 1. The van der Waals surface area contributed by atoms with Crippen LogP contribution >= 0.6 is 0 Å². The van der Waals surface area contributed by atoms with Crippen LogP contribution in [0, 0.1) is 0 Å². The van der Waals surface area contributed by atoms with Gasteiger partial charge in [-0.1, -0.05) is 19.1 Å². The van der Waals surface area contributed by atoms with Crippen LogP contribution in [0.2, 0.25) is 0 Å². The molecule has 2 N–H and O–H groups in total. The third-order valence-corrected chi connectivity index (χ3v) is 3.50. The molecule has 0 aromatic heterocycles. The van der Waals surface area contributed by atoms with Crippen molar-refractivity contribution in [2.24, 2.45) is 0 Å². The van der Waals surface area contributed by atoms with E-state index in [2.05, 4.69) is 0 Å². The van der Waals surface area contributed by atoms with Crippen LogP contribution in [0.25, 0.3) is 0 Å². The molecule has 0 unspecified atom stereocenters. The number of hydrogen-bond donors (Lipinski definition) is 2. The second-order valence-electron chi connectivity index (χ2n) is 3.57. The third-order valence-electron chi connectivity index (χ3n) is 2.11. The lowest BCUT2D eigenvalue weighted by atomic mass is 10.2. The lowest BCUT2D eigenvalue weighted by Gasteiger charge is -1.91. The number of carbonyl (C=O) groups is 2. The first-order chi connectivity index (χ1) is 8.38. The number of aliphatic carboxylic acids is 1. The zero-order valence-electron chi connectivity index (χ0n) is 9.71. The molecule has 0 radical (unpaired) electrons. The number of rotatable bonds is 2. The molecule has 98 valence electrons. The number of sulfonamides is 1. The lowest BCUT2D eigenvalue weighted by Crippen LogP contribution is -2.20. The maximum absolute atomic E-state index is 11.1. The summed E-state index contributed by atoms with van der Waals surface area (Å²) in [5, 5.41) is 7.91. The third kappa shape index (κ3) is 3.30. The van der Waals surface area contributed by atoms with E-state index in [1.54, 1.807) is 12.1 Å². The van der Waals surface area contributed by atoms with Gasteiger partial charge < -0.3 is 5.11 Å². The summed E-state index contributed by atoms with van der Waals surface area (Å²) >= 11 is 0. The van der Waals surface area contributed by atoms with E-state index in [0.717, 1.165) is 6.42 Å². The molecule has 1 aromatic rings. The lowest BCUT2D eigenvalue weighted by molar-refractivity contribution is -0.137. The number of carbonyl (C=O) groups excluding carboxylic acids is 1. The summed E-state index contributed by atoms with van der Waals surface area (Å²) in [5.41, 5.74) is 0.220. The predicted molar refractivity (Wildman–Crippen MR) is 63.6 cm³/mol. The van der Waals surface area contributed by atoms with Gasteiger partial charge >= 0.3 is 5.97 Å². The van der Waals surface area contributed by atoms with E-state index in [-0.39, 0.29) is 10.5 Å². The van der Waals surface area contributed by atoms with E-state index in [1.807, 2.05) is 11.6 Å². The molecular weight excluding hydrogens is 258 g/mol. The number of amides is 1. The molecule has 6 nitrogen and oxygen atoms in total. The van der Waals surface area contributed by atoms with Crippen molar-refractivity contribution in [3.8, 4) is 0 Å². The van der Waals surface area contributed by atoms with Gasteiger partial charge in [-0.3, -0.25) is 9.59 Å². The van der Waals surface area contributed by atoms with Gasteiger partial charge in [-0.05, 0) is 18.6 Å². The molecule has 2 rings (SSSR count). The topological polar surface area (TPSA) is 101 Å². The van der Waals surface area contributed by atoms with Gasteiger partial charge in [-0.25, -0.2) is 13.1 Å². The molecule has 0 spiro atoms. The summed E-state index contributed by atoms with van der Waals surface area (Å²) in [7, 11) is -3.55. The molecule has 0 atom stereocenters. The second-order valence-corrected chi connectivity index (χ2v) is 5.23. The Morgan fingerprint density at radius 1 is 1.33 bits per heavy atom. The number of carboxylic acids is 1. The Kier molecular flexibility index (Phi) is 4.43. The molecule has 0 bridgehead atoms. The first kappa shape index (κ1) is 14.2. The Bertz CT molecular complexity index is 565. The zero-order valence-corrected chi connectivity index (χ0v) is 10.5. The molecule has 0 saturated carbocycles. The summed E-state index contributed by atoms with van der Waals surface area (Å²) in [6, 6.07) is 6.09. The molecule has 1 aliphatic heterocycles. The minimum atomic E-state index is -3.55. The monoisotopic (exact) mass is 271 g/mol. The van der Waals surface area contributed by atoms with Crippen molar-refractivity contribution in [3.05, 3.63) is 29.8 Å². The Morgan fingerprint density at radius 2 is 1.94 bits per heavy atom. The van der Waals surface area contributed by atoms with Crippen LogP contribution < -0.4 is 4.72 Å². The van der Waals surface area contributed by atoms with E-state index in [1.165, 1.54) is 12.1 Å². The van der Waals surface area contributed by atoms with Crippen molar-refractivity contribution in [2.75, 3.05) is 0 Å². The largest absolute Gasteiger partial charge is 0.481 e. The number of carboxylic acid groups (broad SMARTS) is 1. The Hall–Kier alpha value is -1.89. The highest BCUT2D eigenvalue weighted by atomic mass is 32.2. The molecule has 0 aliphatic carbocycles. The van der Waals surface area contributed by atoms with Gasteiger partial charge in [0, 0.05) is 6.42 Å². The Labute approximate surface area is 105 Å². The van der Waals surface area contributed by atoms with Crippen molar-refractivity contribution in [2.45, 2.75) is 24.7 Å². The van der Waals surface area contributed by atoms with Gasteiger partial charge in [0.15, 0.2) is 0 Å². The molecule has 18 heavy (non-hydrogen) atoms. The summed E-state index contributed by atoms with van der Waals surface area (Å²) in [4.78, 5) is 20.7. The van der Waals surface area contributed by atoms with E-state index in [4.69, 9.17) is 5.11 Å². The van der Waals surface area contributed by atoms with E-state index < -0.39 is 21.9 Å². The number of hydrogen-bond acceptors (Lipinski definition) is 4. The van der Waals surface area contributed by atoms with Crippen molar-refractivity contribution in [1.82, 2.24) is 4.72 Å². The summed E-state index contributed by atoms with van der Waals surface area (Å²) in [5.74, 6) is -1.26. The summed E-state index contributed by atoms with van der Waals surface area (Å²) in [6.07, 6.45) is 1.02. The fourth-order valence-electron chi connectivity index (χ4n) is 1.33. The van der Waals surface area contributed by atoms with Crippen LogP contribution in [0.4, 0.5) is 0 Å². The quantitative estimate of drug-likeness (QED) is 0.835. The fourth-order valence-corrected chi connectivity index (χ4v) is 2.51. The highest BCUT2D eigenvalue weighted by Gasteiger charge is 2.31. The van der Waals surface area contributed by atoms with Crippen LogP contribution in [0.15, 0.2) is 29.2 Å². The van der Waals surface area contributed by atoms with Gasteiger partial charge in [0.25, 0.3) is 15.9 Å². The Morgan fingerprint density at radius 3 is 2.39 bits per heavy atom. The maximum Gasteiger partial charge on any atom is 0.303 e. The average molecular weight is 271 g/mol. The zero-order chi connectivity index (χ0) is 13.8. The first-order valence-corrected chi connectivity index (χ1v) is 6.74. The normalized spacial score (nSPS) is 15.1. The molecule has 1 aromatic carbocycles. The predicted octanol–water partition coefficient (Wildman–Crippen LogP) is 0.990. The van der Waals surface area contributed by atoms with Crippen molar-refractivity contribution in [1.29, 1.82) is 0 Å². The molecule has 1 aliphatic rings. The average Bonchev–Trinajstić information content (AvgIpc) is 2.51. The van der Waals surface area contributed by atoms with Gasteiger partial charge in [-0.2, -0.15) is 0 Å². The molecule has 0 fully saturated rings. The highest BCUT2D eigenvalue weighted by Crippen LogP contribution is 2.20. The standard InChI is InChI=1S/C7H5NO3S.C4H8O2/c9-7-5-3-1-2-4-6(5)12(10,11)8-7;1-2-3-4(5)6/h1-4H,(H,8,9);2-3H2,1H3,(H,5,6). The van der Waals surface area contributed by atoms with Crippen LogP contribution in [-0.2, 0) is 14.8 Å². The van der Waals surface area contributed by atoms with E-state index >= 15 is 0 Å². The van der Waals surface area contributed by atoms with E-state index in [0.29, 0.717) is 6.42 Å². The summed E-state index contributed by atoms with van der Waals surface area (Å²) < 4.78 is 24.2. The SMILES string of the molecule is CCCC(=O)O.O=C1NS(=O)(=O)c2ccccc21. The van der Waals surface area contributed by atoms with Gasteiger partial charge in [0.1, 0.15) is 4.90 Å². The number of nitrogens with one attached hydrogen (secondary N) is 1. The van der Waals surface area contributed by atoms with Crippen LogP contribution in [0.5, 0.6) is 0 Å². The van der Waals surface area contributed by atoms with Crippen LogP contribution in [-0.4, -0.2) is 25.4 Å². The molecule has 1 heterocycles. The first-order valence-electron chi connectivity index (χ1n) is 5.26. The number of benzene rings is 1. The van der Waals surface area contributed by atoms with Crippen LogP contribution in [0.1, 0.15) is 30.1 Å². The Balaban J connectivity index is 0.000000232. The minimum Gasteiger partial charge on any atom is -0.481 e. The molecular formula is C11H13NO5S. The van der Waals surface area contributed by atoms with Gasteiger partial charge in [0.2, 0.25) is 0 Å². The highest BCUT2D eigenvalue weighted by molar-refractivity contribution is 7.90.